The normalized spacial score (nSPS) is 21.0. The van der Waals surface area contributed by atoms with Crippen LogP contribution in [0.25, 0.3) is 0 Å². The first-order valence-electron chi connectivity index (χ1n) is 7.43. The van der Waals surface area contributed by atoms with Gasteiger partial charge in [0.25, 0.3) is 5.91 Å². The summed E-state index contributed by atoms with van der Waals surface area (Å²) in [5, 5.41) is 3.36. The molecule has 24 heavy (non-hydrogen) atoms. The highest BCUT2D eigenvalue weighted by Crippen LogP contribution is 2.18. The van der Waals surface area contributed by atoms with Crippen LogP contribution in [0, 0.1) is 5.92 Å². The Morgan fingerprint density at radius 3 is 2.62 bits per heavy atom. The molecule has 1 aromatic rings. The van der Waals surface area contributed by atoms with E-state index < -0.39 is 10.0 Å². The van der Waals surface area contributed by atoms with Crippen LogP contribution in [0.5, 0.6) is 5.75 Å². The highest BCUT2D eigenvalue weighted by atomic mass is 35.5. The molecule has 1 aliphatic heterocycles. The molecular formula is C15H21ClN2O5S. The summed E-state index contributed by atoms with van der Waals surface area (Å²) in [6, 6.07) is 6.33. The van der Waals surface area contributed by atoms with Gasteiger partial charge in [0.2, 0.25) is 10.0 Å². The molecule has 9 heteroatoms. The summed E-state index contributed by atoms with van der Waals surface area (Å²) >= 11 is 5.78. The molecule has 0 spiro atoms. The Hall–Kier alpha value is -1.35. The molecule has 0 aromatic heterocycles. The van der Waals surface area contributed by atoms with Gasteiger partial charge in [-0.25, -0.2) is 12.7 Å². The minimum Gasteiger partial charge on any atom is -0.484 e. The second-order valence-electron chi connectivity index (χ2n) is 5.78. The monoisotopic (exact) mass is 376 g/mol. The van der Waals surface area contributed by atoms with Crippen molar-refractivity contribution in [1.29, 1.82) is 0 Å². The van der Waals surface area contributed by atoms with Crippen molar-refractivity contribution >= 4 is 27.5 Å². The van der Waals surface area contributed by atoms with E-state index in [4.69, 9.17) is 21.1 Å². The van der Waals surface area contributed by atoms with Gasteiger partial charge in [-0.05, 0) is 24.3 Å². The fourth-order valence-corrected chi connectivity index (χ4v) is 3.56. The van der Waals surface area contributed by atoms with E-state index in [1.165, 1.54) is 18.4 Å². The van der Waals surface area contributed by atoms with Gasteiger partial charge in [-0.15, -0.1) is 0 Å². The van der Waals surface area contributed by atoms with Gasteiger partial charge in [-0.2, -0.15) is 0 Å². The van der Waals surface area contributed by atoms with Crippen LogP contribution in [0.2, 0.25) is 5.02 Å². The van der Waals surface area contributed by atoms with Crippen molar-refractivity contribution in [2.45, 2.75) is 6.04 Å². The predicted molar refractivity (Wildman–Crippen MR) is 90.7 cm³/mol. The fourth-order valence-electron chi connectivity index (χ4n) is 2.27. The lowest BCUT2D eigenvalue weighted by Crippen LogP contribution is -2.45. The molecule has 2 rings (SSSR count). The molecule has 0 saturated carbocycles. The molecule has 2 atom stereocenters. The molecule has 1 aliphatic rings. The molecule has 0 bridgehead atoms. The SMILES string of the molecule is CN(C)S(=O)(=O)CC1COCC1NC(=O)COc1ccc(Cl)cc1. The van der Waals surface area contributed by atoms with E-state index >= 15 is 0 Å². The lowest BCUT2D eigenvalue weighted by molar-refractivity contribution is -0.124. The van der Waals surface area contributed by atoms with Crippen molar-refractivity contribution in [2.75, 3.05) is 39.7 Å². The number of hydrogen-bond acceptors (Lipinski definition) is 5. The highest BCUT2D eigenvalue weighted by Gasteiger charge is 2.34. The molecule has 1 saturated heterocycles. The largest absolute Gasteiger partial charge is 0.484 e. The number of carbonyl (C=O) groups is 1. The Morgan fingerprint density at radius 1 is 1.33 bits per heavy atom. The molecule has 0 radical (unpaired) electrons. The fraction of sp³-hybridized carbons (Fsp3) is 0.533. The van der Waals surface area contributed by atoms with Crippen molar-refractivity contribution in [3.05, 3.63) is 29.3 Å². The van der Waals surface area contributed by atoms with E-state index in [-0.39, 0.29) is 30.2 Å². The first-order chi connectivity index (χ1) is 11.3. The number of hydrogen-bond donors (Lipinski definition) is 1. The van der Waals surface area contributed by atoms with E-state index in [9.17, 15) is 13.2 Å². The zero-order valence-electron chi connectivity index (χ0n) is 13.6. The first kappa shape index (κ1) is 19.0. The molecule has 7 nitrogen and oxygen atoms in total. The summed E-state index contributed by atoms with van der Waals surface area (Å²) in [5.74, 6) is -0.142. The molecule has 1 amide bonds. The van der Waals surface area contributed by atoms with Crippen molar-refractivity contribution in [3.8, 4) is 5.75 Å². The van der Waals surface area contributed by atoms with Crippen LogP contribution < -0.4 is 10.1 Å². The zero-order valence-corrected chi connectivity index (χ0v) is 15.1. The molecule has 2 unspecified atom stereocenters. The van der Waals surface area contributed by atoms with E-state index in [0.29, 0.717) is 24.0 Å². The highest BCUT2D eigenvalue weighted by molar-refractivity contribution is 7.89. The van der Waals surface area contributed by atoms with Gasteiger partial charge in [0, 0.05) is 25.0 Å². The average Bonchev–Trinajstić information content (AvgIpc) is 2.93. The first-order valence-corrected chi connectivity index (χ1v) is 9.42. The molecule has 0 aliphatic carbocycles. The van der Waals surface area contributed by atoms with Crippen LogP contribution in [-0.4, -0.2) is 64.3 Å². The molecular weight excluding hydrogens is 356 g/mol. The van der Waals surface area contributed by atoms with Gasteiger partial charge in [0.1, 0.15) is 5.75 Å². The lowest BCUT2D eigenvalue weighted by Gasteiger charge is -2.21. The van der Waals surface area contributed by atoms with E-state index in [1.54, 1.807) is 24.3 Å². The van der Waals surface area contributed by atoms with Crippen LogP contribution in [0.3, 0.4) is 0 Å². The molecule has 1 aromatic carbocycles. The quantitative estimate of drug-likeness (QED) is 0.758. The maximum atomic E-state index is 12.0. The summed E-state index contributed by atoms with van der Waals surface area (Å²) in [5.41, 5.74) is 0. The number of nitrogens with one attached hydrogen (secondary N) is 1. The van der Waals surface area contributed by atoms with Gasteiger partial charge in [0.15, 0.2) is 6.61 Å². The number of amides is 1. The number of nitrogens with zero attached hydrogens (tertiary/aromatic N) is 1. The number of rotatable bonds is 7. The van der Waals surface area contributed by atoms with Crippen LogP contribution >= 0.6 is 11.6 Å². The van der Waals surface area contributed by atoms with Crippen LogP contribution in [0.1, 0.15) is 0 Å². The number of halogens is 1. The second-order valence-corrected chi connectivity index (χ2v) is 8.44. The Balaban J connectivity index is 1.85. The summed E-state index contributed by atoms with van der Waals surface area (Å²) in [6.45, 7) is 0.432. The molecule has 1 fully saturated rings. The minimum atomic E-state index is -3.35. The third-order valence-electron chi connectivity index (χ3n) is 3.71. The predicted octanol–water partition coefficient (Wildman–Crippen LogP) is 0.741. The van der Waals surface area contributed by atoms with Crippen LogP contribution in [-0.2, 0) is 19.6 Å². The Labute approximate surface area is 146 Å². The second kappa shape index (κ2) is 8.15. The molecule has 1 N–H and O–H groups in total. The van der Waals surface area contributed by atoms with Crippen molar-refractivity contribution in [1.82, 2.24) is 9.62 Å². The summed E-state index contributed by atoms with van der Waals surface area (Å²) in [6.07, 6.45) is 0. The van der Waals surface area contributed by atoms with E-state index in [0.717, 1.165) is 0 Å². The standard InChI is InChI=1S/C15H21ClN2O5S/c1-18(2)24(20,21)10-11-7-22-8-14(11)17-15(19)9-23-13-5-3-12(16)4-6-13/h3-6,11,14H,7-10H2,1-2H3,(H,17,19). The summed E-state index contributed by atoms with van der Waals surface area (Å²) in [4.78, 5) is 12.0. The molecule has 134 valence electrons. The van der Waals surface area contributed by atoms with Crippen molar-refractivity contribution in [2.24, 2.45) is 5.92 Å². The van der Waals surface area contributed by atoms with E-state index in [1.807, 2.05) is 0 Å². The van der Waals surface area contributed by atoms with Gasteiger partial charge in [0.05, 0.1) is 25.0 Å². The van der Waals surface area contributed by atoms with Gasteiger partial charge >= 0.3 is 0 Å². The topological polar surface area (TPSA) is 84.9 Å². The maximum Gasteiger partial charge on any atom is 0.258 e. The van der Waals surface area contributed by atoms with Crippen molar-refractivity contribution < 1.29 is 22.7 Å². The number of ether oxygens (including phenoxy) is 2. The van der Waals surface area contributed by atoms with E-state index in [2.05, 4.69) is 5.32 Å². The third kappa shape index (κ3) is 5.34. The minimum absolute atomic E-state index is 0.0665. The lowest BCUT2D eigenvalue weighted by atomic mass is 10.1. The Bertz CT molecular complexity index is 663. The number of benzene rings is 1. The van der Waals surface area contributed by atoms with Crippen LogP contribution in [0.15, 0.2) is 24.3 Å². The smallest absolute Gasteiger partial charge is 0.258 e. The summed E-state index contributed by atoms with van der Waals surface area (Å²) in [7, 11) is -0.382. The zero-order chi connectivity index (χ0) is 17.7. The van der Waals surface area contributed by atoms with Crippen molar-refractivity contribution in [3.63, 3.8) is 0 Å². The van der Waals surface area contributed by atoms with Gasteiger partial charge < -0.3 is 14.8 Å². The van der Waals surface area contributed by atoms with Gasteiger partial charge in [-0.1, -0.05) is 11.6 Å². The summed E-state index contributed by atoms with van der Waals surface area (Å²) < 4.78 is 35.8. The average molecular weight is 377 g/mol. The Morgan fingerprint density at radius 2 is 2.00 bits per heavy atom. The number of sulfonamides is 1. The molecule has 1 heterocycles. The Kier molecular flexibility index (Phi) is 6.45. The van der Waals surface area contributed by atoms with Crippen LogP contribution in [0.4, 0.5) is 0 Å². The third-order valence-corrected chi connectivity index (χ3v) is 5.92. The van der Waals surface area contributed by atoms with Gasteiger partial charge in [-0.3, -0.25) is 4.79 Å². The number of carbonyl (C=O) groups excluding carboxylic acids is 1. The maximum absolute atomic E-state index is 12.0.